The minimum atomic E-state index is 0.321. The first-order valence-electron chi connectivity index (χ1n) is 3.21. The van der Waals surface area contributed by atoms with Crippen molar-refractivity contribution in [3.8, 4) is 0 Å². The van der Waals surface area contributed by atoms with E-state index in [4.69, 9.17) is 5.11 Å². The molecule has 0 aliphatic carbocycles. The Kier molecular flexibility index (Phi) is 8.09. The van der Waals surface area contributed by atoms with Crippen LogP contribution in [0.2, 0.25) is 0 Å². The molecule has 0 aromatic heterocycles. The molecule has 0 atom stereocenters. The smallest absolute Gasteiger partial charge is 0.0438 e. The van der Waals surface area contributed by atoms with Crippen molar-refractivity contribution >= 4 is 11.8 Å². The lowest BCUT2D eigenvalue weighted by Gasteiger charge is -1.94. The van der Waals surface area contributed by atoms with Crippen LogP contribution in [0.15, 0.2) is 12.7 Å². The fourth-order valence-electron chi connectivity index (χ4n) is 0.435. The number of thioether (sulfide) groups is 1. The van der Waals surface area contributed by atoms with E-state index in [0.29, 0.717) is 6.61 Å². The van der Waals surface area contributed by atoms with Crippen LogP contribution in [0.5, 0.6) is 0 Å². The number of rotatable bonds is 6. The Morgan fingerprint density at radius 2 is 2.22 bits per heavy atom. The quantitative estimate of drug-likeness (QED) is 0.454. The third-order valence-corrected chi connectivity index (χ3v) is 2.01. The monoisotopic (exact) mass is 146 g/mol. The van der Waals surface area contributed by atoms with Crippen LogP contribution < -0.4 is 0 Å². The molecule has 0 aliphatic heterocycles. The molecule has 0 aliphatic rings. The van der Waals surface area contributed by atoms with Crippen LogP contribution in [0, 0.1) is 0 Å². The van der Waals surface area contributed by atoms with Gasteiger partial charge in [0.1, 0.15) is 0 Å². The molecule has 0 amide bonds. The normalized spacial score (nSPS) is 9.44. The van der Waals surface area contributed by atoms with Crippen LogP contribution in [0.4, 0.5) is 0 Å². The fraction of sp³-hybridized carbons (Fsp3) is 0.714. The Morgan fingerprint density at radius 3 is 2.78 bits per heavy atom. The maximum absolute atomic E-state index is 8.39. The number of hydrogen-bond donors (Lipinski definition) is 1. The van der Waals surface area contributed by atoms with Crippen LogP contribution in [0.25, 0.3) is 0 Å². The van der Waals surface area contributed by atoms with Crippen molar-refractivity contribution in [3.05, 3.63) is 12.7 Å². The van der Waals surface area contributed by atoms with Crippen molar-refractivity contribution in [3.63, 3.8) is 0 Å². The van der Waals surface area contributed by atoms with E-state index in [1.165, 1.54) is 0 Å². The molecule has 0 saturated heterocycles. The molecule has 0 aromatic carbocycles. The van der Waals surface area contributed by atoms with E-state index in [1.54, 1.807) is 0 Å². The van der Waals surface area contributed by atoms with Crippen LogP contribution in [-0.4, -0.2) is 23.2 Å². The first-order chi connectivity index (χ1) is 4.41. The maximum Gasteiger partial charge on any atom is 0.0438 e. The van der Waals surface area contributed by atoms with Gasteiger partial charge in [-0.25, -0.2) is 0 Å². The molecule has 0 spiro atoms. The van der Waals surface area contributed by atoms with E-state index in [9.17, 15) is 0 Å². The molecule has 9 heavy (non-hydrogen) atoms. The third-order valence-electron chi connectivity index (χ3n) is 0.913. The van der Waals surface area contributed by atoms with Gasteiger partial charge in [-0.15, -0.1) is 6.58 Å². The standard InChI is InChI=1S/C7H14OS/c1-2-3-6-9-7-4-5-8/h2,8H,1,3-7H2. The topological polar surface area (TPSA) is 20.2 Å². The van der Waals surface area contributed by atoms with Gasteiger partial charge in [0.2, 0.25) is 0 Å². The Hall–Kier alpha value is 0.0500. The number of hydrogen-bond acceptors (Lipinski definition) is 2. The summed E-state index contributed by atoms with van der Waals surface area (Å²) in [5.41, 5.74) is 0. The van der Waals surface area contributed by atoms with Crippen LogP contribution in [-0.2, 0) is 0 Å². The zero-order valence-corrected chi connectivity index (χ0v) is 6.49. The molecule has 0 unspecified atom stereocenters. The van der Waals surface area contributed by atoms with Gasteiger partial charge in [-0.1, -0.05) is 6.08 Å². The maximum atomic E-state index is 8.39. The highest BCUT2D eigenvalue weighted by molar-refractivity contribution is 7.99. The highest BCUT2D eigenvalue weighted by Gasteiger charge is 1.84. The lowest BCUT2D eigenvalue weighted by Crippen LogP contribution is -1.86. The van der Waals surface area contributed by atoms with Crippen LogP contribution in [0.1, 0.15) is 12.8 Å². The van der Waals surface area contributed by atoms with E-state index in [-0.39, 0.29) is 0 Å². The summed E-state index contributed by atoms with van der Waals surface area (Å²) in [7, 11) is 0. The molecule has 1 nitrogen and oxygen atoms in total. The Morgan fingerprint density at radius 1 is 1.44 bits per heavy atom. The minimum absolute atomic E-state index is 0.321. The summed E-state index contributed by atoms with van der Waals surface area (Å²) in [6, 6.07) is 0. The van der Waals surface area contributed by atoms with Gasteiger partial charge in [0.25, 0.3) is 0 Å². The van der Waals surface area contributed by atoms with Gasteiger partial charge in [0.05, 0.1) is 0 Å². The predicted octanol–water partition coefficient (Wildman–Crippen LogP) is 1.68. The lowest BCUT2D eigenvalue weighted by molar-refractivity contribution is 0.296. The third kappa shape index (κ3) is 8.05. The summed E-state index contributed by atoms with van der Waals surface area (Å²) in [5, 5.41) is 8.39. The molecule has 54 valence electrons. The second-order valence-corrected chi connectivity index (χ2v) is 2.99. The Bertz CT molecular complexity index is 63.9. The number of aliphatic hydroxyl groups excluding tert-OH is 1. The summed E-state index contributed by atoms with van der Waals surface area (Å²) in [5.74, 6) is 2.22. The van der Waals surface area contributed by atoms with Crippen molar-refractivity contribution in [1.82, 2.24) is 0 Å². The SMILES string of the molecule is C=CCCSCCCO. The zero-order chi connectivity index (χ0) is 6.95. The minimum Gasteiger partial charge on any atom is -0.396 e. The molecule has 0 aromatic rings. The molecule has 1 N–H and O–H groups in total. The first-order valence-corrected chi connectivity index (χ1v) is 4.36. The predicted molar refractivity (Wildman–Crippen MR) is 43.8 cm³/mol. The highest BCUT2D eigenvalue weighted by Crippen LogP contribution is 2.03. The van der Waals surface area contributed by atoms with E-state index < -0.39 is 0 Å². The molecule has 0 fully saturated rings. The summed E-state index contributed by atoms with van der Waals surface area (Å²) < 4.78 is 0. The Balaban J connectivity index is 2.66. The van der Waals surface area contributed by atoms with Crippen molar-refractivity contribution in [2.75, 3.05) is 18.1 Å². The highest BCUT2D eigenvalue weighted by atomic mass is 32.2. The second-order valence-electron chi connectivity index (χ2n) is 1.77. The van der Waals surface area contributed by atoms with E-state index in [1.807, 2.05) is 17.8 Å². The van der Waals surface area contributed by atoms with E-state index >= 15 is 0 Å². The summed E-state index contributed by atoms with van der Waals surface area (Å²) in [4.78, 5) is 0. The van der Waals surface area contributed by atoms with E-state index in [0.717, 1.165) is 24.3 Å². The van der Waals surface area contributed by atoms with Gasteiger partial charge < -0.3 is 5.11 Å². The molecule has 0 rings (SSSR count). The molecule has 0 heterocycles. The summed E-state index contributed by atoms with van der Waals surface area (Å²) >= 11 is 1.87. The largest absolute Gasteiger partial charge is 0.396 e. The van der Waals surface area contributed by atoms with Gasteiger partial charge in [-0.2, -0.15) is 11.8 Å². The average molecular weight is 146 g/mol. The van der Waals surface area contributed by atoms with Gasteiger partial charge in [0, 0.05) is 6.61 Å². The van der Waals surface area contributed by atoms with Crippen molar-refractivity contribution in [1.29, 1.82) is 0 Å². The number of allylic oxidation sites excluding steroid dienone is 1. The molecular weight excluding hydrogens is 132 g/mol. The summed E-state index contributed by atoms with van der Waals surface area (Å²) in [6.45, 7) is 3.94. The molecule has 0 saturated carbocycles. The van der Waals surface area contributed by atoms with Crippen LogP contribution in [0.3, 0.4) is 0 Å². The van der Waals surface area contributed by atoms with Gasteiger partial charge in [0.15, 0.2) is 0 Å². The molecule has 2 heteroatoms. The fourth-order valence-corrected chi connectivity index (χ4v) is 1.31. The lowest BCUT2D eigenvalue weighted by atomic mass is 10.5. The van der Waals surface area contributed by atoms with Gasteiger partial charge in [-0.05, 0) is 24.3 Å². The van der Waals surface area contributed by atoms with Crippen molar-refractivity contribution in [2.24, 2.45) is 0 Å². The average Bonchev–Trinajstić information content (AvgIpc) is 1.89. The second kappa shape index (κ2) is 8.05. The number of aliphatic hydroxyl groups is 1. The molecular formula is C7H14OS. The van der Waals surface area contributed by atoms with Crippen molar-refractivity contribution < 1.29 is 5.11 Å². The van der Waals surface area contributed by atoms with Crippen LogP contribution >= 0.6 is 11.8 Å². The Labute approximate surface area is 61.2 Å². The van der Waals surface area contributed by atoms with Gasteiger partial charge >= 0.3 is 0 Å². The van der Waals surface area contributed by atoms with Crippen molar-refractivity contribution in [2.45, 2.75) is 12.8 Å². The summed E-state index contributed by atoms with van der Waals surface area (Å²) in [6.07, 6.45) is 3.92. The zero-order valence-electron chi connectivity index (χ0n) is 5.68. The van der Waals surface area contributed by atoms with E-state index in [2.05, 4.69) is 6.58 Å². The molecule has 0 bridgehead atoms. The molecule has 0 radical (unpaired) electrons. The first kappa shape index (κ1) is 9.05. The van der Waals surface area contributed by atoms with Gasteiger partial charge in [-0.3, -0.25) is 0 Å².